The standard InChI is InChI=1S/C12H18BrN3/c1-9-4-5-14-12(11(9)13)16-7-6-15(3)10(2)8-16/h4-5,10H,6-8H2,1-3H3. The van der Waals surface area contributed by atoms with Gasteiger partial charge in [-0.05, 0) is 48.5 Å². The highest BCUT2D eigenvalue weighted by Gasteiger charge is 2.23. The van der Waals surface area contributed by atoms with E-state index in [1.807, 2.05) is 12.3 Å². The third kappa shape index (κ3) is 2.23. The summed E-state index contributed by atoms with van der Waals surface area (Å²) in [5, 5.41) is 0. The van der Waals surface area contributed by atoms with E-state index < -0.39 is 0 Å². The van der Waals surface area contributed by atoms with Gasteiger partial charge in [0.25, 0.3) is 0 Å². The zero-order valence-electron chi connectivity index (χ0n) is 10.1. The lowest BCUT2D eigenvalue weighted by atomic mass is 10.2. The average Bonchev–Trinajstić information content (AvgIpc) is 2.26. The van der Waals surface area contributed by atoms with E-state index >= 15 is 0 Å². The van der Waals surface area contributed by atoms with E-state index in [-0.39, 0.29) is 0 Å². The van der Waals surface area contributed by atoms with Gasteiger partial charge < -0.3 is 9.80 Å². The van der Waals surface area contributed by atoms with Crippen molar-refractivity contribution >= 4 is 21.7 Å². The number of halogens is 1. The second-order valence-corrected chi connectivity index (χ2v) is 5.33. The Balaban J connectivity index is 2.22. The normalized spacial score (nSPS) is 22.5. The highest BCUT2D eigenvalue weighted by molar-refractivity contribution is 9.10. The molecule has 1 aromatic rings. The molecule has 3 nitrogen and oxygen atoms in total. The van der Waals surface area contributed by atoms with E-state index in [1.165, 1.54) is 5.56 Å². The Morgan fingerprint density at radius 1 is 1.44 bits per heavy atom. The molecule has 0 spiro atoms. The van der Waals surface area contributed by atoms with Gasteiger partial charge in [-0.3, -0.25) is 0 Å². The molecule has 0 bridgehead atoms. The molecule has 0 aromatic carbocycles. The van der Waals surface area contributed by atoms with Crippen molar-refractivity contribution in [1.29, 1.82) is 0 Å². The first-order valence-electron chi connectivity index (χ1n) is 5.66. The highest BCUT2D eigenvalue weighted by atomic mass is 79.9. The molecular formula is C12H18BrN3. The molecule has 0 amide bonds. The molecule has 88 valence electrons. The molecule has 4 heteroatoms. The molecule has 1 fully saturated rings. The number of pyridine rings is 1. The van der Waals surface area contributed by atoms with Crippen molar-refractivity contribution in [3.05, 3.63) is 22.3 Å². The molecule has 0 aliphatic carbocycles. The van der Waals surface area contributed by atoms with Crippen LogP contribution in [0.4, 0.5) is 5.82 Å². The third-order valence-corrected chi connectivity index (χ3v) is 4.30. The van der Waals surface area contributed by atoms with E-state index in [0.29, 0.717) is 6.04 Å². The molecule has 1 aromatic heterocycles. The van der Waals surface area contributed by atoms with Crippen molar-refractivity contribution < 1.29 is 0 Å². The van der Waals surface area contributed by atoms with Gasteiger partial charge in [0, 0.05) is 31.9 Å². The van der Waals surface area contributed by atoms with Gasteiger partial charge in [-0.1, -0.05) is 0 Å². The first-order valence-corrected chi connectivity index (χ1v) is 6.45. The van der Waals surface area contributed by atoms with Crippen molar-refractivity contribution in [2.45, 2.75) is 19.9 Å². The quantitative estimate of drug-likeness (QED) is 0.789. The van der Waals surface area contributed by atoms with Crippen LogP contribution in [0.25, 0.3) is 0 Å². The van der Waals surface area contributed by atoms with Gasteiger partial charge in [0.05, 0.1) is 4.47 Å². The van der Waals surface area contributed by atoms with Crippen molar-refractivity contribution in [2.24, 2.45) is 0 Å². The molecule has 0 radical (unpaired) electrons. The van der Waals surface area contributed by atoms with Gasteiger partial charge >= 0.3 is 0 Å². The minimum atomic E-state index is 0.586. The summed E-state index contributed by atoms with van der Waals surface area (Å²) in [5.74, 6) is 1.08. The summed E-state index contributed by atoms with van der Waals surface area (Å²) in [5.41, 5.74) is 1.25. The van der Waals surface area contributed by atoms with E-state index in [0.717, 1.165) is 29.9 Å². The van der Waals surface area contributed by atoms with Crippen LogP contribution in [0.3, 0.4) is 0 Å². The number of nitrogens with zero attached hydrogens (tertiary/aromatic N) is 3. The van der Waals surface area contributed by atoms with Gasteiger partial charge in [0.15, 0.2) is 0 Å². The Morgan fingerprint density at radius 2 is 2.19 bits per heavy atom. The summed E-state index contributed by atoms with van der Waals surface area (Å²) in [6.45, 7) is 7.56. The van der Waals surface area contributed by atoms with Crippen molar-refractivity contribution in [2.75, 3.05) is 31.6 Å². The summed E-state index contributed by atoms with van der Waals surface area (Å²) in [6, 6.07) is 2.62. The van der Waals surface area contributed by atoms with Crippen LogP contribution in [0.2, 0.25) is 0 Å². The van der Waals surface area contributed by atoms with Crippen molar-refractivity contribution in [3.63, 3.8) is 0 Å². The molecule has 1 saturated heterocycles. The monoisotopic (exact) mass is 283 g/mol. The first kappa shape index (κ1) is 11.9. The Hall–Kier alpha value is -0.610. The fourth-order valence-corrected chi connectivity index (χ4v) is 2.47. The Kier molecular flexibility index (Phi) is 3.50. The molecule has 1 aliphatic heterocycles. The van der Waals surface area contributed by atoms with Gasteiger partial charge in [-0.15, -0.1) is 0 Å². The van der Waals surface area contributed by atoms with Gasteiger partial charge in [0.1, 0.15) is 5.82 Å². The highest BCUT2D eigenvalue weighted by Crippen LogP contribution is 2.28. The second-order valence-electron chi connectivity index (χ2n) is 4.54. The molecule has 1 aliphatic rings. The van der Waals surface area contributed by atoms with E-state index in [9.17, 15) is 0 Å². The average molecular weight is 284 g/mol. The molecule has 1 atom stereocenters. The number of rotatable bonds is 1. The van der Waals surface area contributed by atoms with Crippen LogP contribution in [0.5, 0.6) is 0 Å². The topological polar surface area (TPSA) is 19.4 Å². The SMILES string of the molecule is Cc1ccnc(N2CCN(C)C(C)C2)c1Br. The van der Waals surface area contributed by atoms with Crippen molar-refractivity contribution in [1.82, 2.24) is 9.88 Å². The van der Waals surface area contributed by atoms with Crippen LogP contribution in [-0.2, 0) is 0 Å². The fraction of sp³-hybridized carbons (Fsp3) is 0.583. The molecule has 1 unspecified atom stereocenters. The first-order chi connectivity index (χ1) is 7.59. The third-order valence-electron chi connectivity index (χ3n) is 3.32. The lowest BCUT2D eigenvalue weighted by molar-refractivity contribution is 0.233. The predicted octanol–water partition coefficient (Wildman–Crippen LogP) is 2.29. The smallest absolute Gasteiger partial charge is 0.143 e. The minimum absolute atomic E-state index is 0.586. The summed E-state index contributed by atoms with van der Waals surface area (Å²) in [4.78, 5) is 9.23. The number of likely N-dealkylation sites (N-methyl/N-ethyl adjacent to an activating group) is 1. The number of piperazine rings is 1. The van der Waals surface area contributed by atoms with Crippen LogP contribution in [0.15, 0.2) is 16.7 Å². The zero-order chi connectivity index (χ0) is 11.7. The molecular weight excluding hydrogens is 266 g/mol. The Bertz CT molecular complexity index is 381. The van der Waals surface area contributed by atoms with E-state index in [1.54, 1.807) is 0 Å². The number of hydrogen-bond acceptors (Lipinski definition) is 3. The van der Waals surface area contributed by atoms with E-state index in [4.69, 9.17) is 0 Å². The van der Waals surface area contributed by atoms with Gasteiger partial charge in [-0.2, -0.15) is 0 Å². The lowest BCUT2D eigenvalue weighted by Crippen LogP contribution is -2.50. The summed E-state index contributed by atoms with van der Waals surface area (Å²) >= 11 is 3.63. The number of aryl methyl sites for hydroxylation is 1. The summed E-state index contributed by atoms with van der Waals surface area (Å²) < 4.78 is 1.13. The molecule has 2 rings (SSSR count). The maximum absolute atomic E-state index is 4.48. The van der Waals surface area contributed by atoms with Crippen LogP contribution < -0.4 is 4.90 Å². The molecule has 0 saturated carbocycles. The summed E-state index contributed by atoms with van der Waals surface area (Å²) in [7, 11) is 2.18. The van der Waals surface area contributed by atoms with Crippen molar-refractivity contribution in [3.8, 4) is 0 Å². The Morgan fingerprint density at radius 3 is 2.88 bits per heavy atom. The maximum atomic E-state index is 4.48. The van der Waals surface area contributed by atoms with Gasteiger partial charge in [-0.25, -0.2) is 4.98 Å². The van der Waals surface area contributed by atoms with Crippen LogP contribution in [0, 0.1) is 6.92 Å². The maximum Gasteiger partial charge on any atom is 0.143 e. The minimum Gasteiger partial charge on any atom is -0.353 e. The molecule has 2 heterocycles. The van der Waals surface area contributed by atoms with Crippen LogP contribution >= 0.6 is 15.9 Å². The Labute approximate surface area is 106 Å². The number of hydrogen-bond donors (Lipinski definition) is 0. The second kappa shape index (κ2) is 4.72. The summed E-state index contributed by atoms with van der Waals surface area (Å²) in [6.07, 6.45) is 1.89. The lowest BCUT2D eigenvalue weighted by Gasteiger charge is -2.38. The van der Waals surface area contributed by atoms with Gasteiger partial charge in [0.2, 0.25) is 0 Å². The zero-order valence-corrected chi connectivity index (χ0v) is 11.7. The molecule has 16 heavy (non-hydrogen) atoms. The fourth-order valence-electron chi connectivity index (χ4n) is 1.99. The largest absolute Gasteiger partial charge is 0.353 e. The van der Waals surface area contributed by atoms with Crippen LogP contribution in [0.1, 0.15) is 12.5 Å². The van der Waals surface area contributed by atoms with E-state index in [2.05, 4.69) is 51.6 Å². The predicted molar refractivity (Wildman–Crippen MR) is 71.0 cm³/mol. The van der Waals surface area contributed by atoms with Crippen LogP contribution in [-0.4, -0.2) is 42.6 Å². The number of anilines is 1. The number of aromatic nitrogens is 1. The molecule has 0 N–H and O–H groups in total.